The van der Waals surface area contributed by atoms with Gasteiger partial charge in [0, 0.05) is 6.42 Å². The van der Waals surface area contributed by atoms with Crippen molar-refractivity contribution in [3.63, 3.8) is 0 Å². The first-order valence-corrected chi connectivity index (χ1v) is 11.0. The fourth-order valence-corrected chi connectivity index (χ4v) is 5.26. The van der Waals surface area contributed by atoms with Crippen LogP contribution in [0.2, 0.25) is 0 Å². The van der Waals surface area contributed by atoms with E-state index in [0.717, 1.165) is 33.2 Å². The predicted octanol–water partition coefficient (Wildman–Crippen LogP) is 5.28. The number of aryl methyl sites for hydroxylation is 1. The van der Waals surface area contributed by atoms with Crippen LogP contribution in [-0.2, 0) is 10.0 Å². The van der Waals surface area contributed by atoms with Crippen molar-refractivity contribution < 1.29 is 8.42 Å². The maximum atomic E-state index is 13.4. The molecule has 0 amide bonds. The second-order valence-corrected chi connectivity index (χ2v) is 9.67. The molecule has 1 aliphatic rings. The molecule has 0 saturated heterocycles. The van der Waals surface area contributed by atoms with Gasteiger partial charge < -0.3 is 0 Å². The van der Waals surface area contributed by atoms with Gasteiger partial charge in [-0.1, -0.05) is 66.2 Å². The molecule has 5 heteroatoms. The van der Waals surface area contributed by atoms with E-state index in [9.17, 15) is 8.42 Å². The highest BCUT2D eigenvalue weighted by Gasteiger charge is 2.46. The Kier molecular flexibility index (Phi) is 4.58. The Bertz CT molecular complexity index is 1240. The van der Waals surface area contributed by atoms with Crippen LogP contribution in [0.1, 0.15) is 31.4 Å². The minimum Gasteiger partial charge on any atom is -0.200 e. The summed E-state index contributed by atoms with van der Waals surface area (Å²) in [6.45, 7) is 9.75. The van der Waals surface area contributed by atoms with Gasteiger partial charge in [-0.3, -0.25) is 0 Å². The number of fused-ring (bicyclic) bond motifs is 1. The van der Waals surface area contributed by atoms with E-state index in [1.54, 1.807) is 24.3 Å². The largest absolute Gasteiger partial charge is 0.279 e. The van der Waals surface area contributed by atoms with E-state index in [1.807, 2.05) is 51.1 Å². The molecule has 4 rings (SSSR count). The van der Waals surface area contributed by atoms with Gasteiger partial charge in [0.2, 0.25) is 0 Å². The number of sulfonamides is 1. The van der Waals surface area contributed by atoms with Crippen LogP contribution < -0.4 is 0 Å². The molecule has 0 radical (unpaired) electrons. The maximum absolute atomic E-state index is 13.4. The zero-order chi connectivity index (χ0) is 20.8. The second-order valence-electron chi connectivity index (χ2n) is 7.90. The van der Waals surface area contributed by atoms with Gasteiger partial charge >= 0.3 is 0 Å². The third-order valence-electron chi connectivity index (χ3n) is 5.69. The minimum atomic E-state index is -3.81. The Morgan fingerprint density at radius 2 is 1.69 bits per heavy atom. The van der Waals surface area contributed by atoms with Gasteiger partial charge in [-0.25, -0.2) is 0 Å². The van der Waals surface area contributed by atoms with E-state index in [0.29, 0.717) is 6.42 Å². The van der Waals surface area contributed by atoms with Gasteiger partial charge in [-0.2, -0.15) is 17.9 Å². The zero-order valence-electron chi connectivity index (χ0n) is 16.9. The quantitative estimate of drug-likeness (QED) is 0.555. The van der Waals surface area contributed by atoms with Crippen LogP contribution >= 0.6 is 0 Å². The monoisotopic (exact) mass is 404 g/mol. The number of hydrogen-bond acceptors (Lipinski definition) is 3. The summed E-state index contributed by atoms with van der Waals surface area (Å²) in [7, 11) is -3.81. The lowest BCUT2D eigenvalue weighted by Gasteiger charge is -2.33. The van der Waals surface area contributed by atoms with Crippen molar-refractivity contribution in [2.45, 2.75) is 37.6 Å². The molecule has 1 aliphatic heterocycles. The first-order valence-electron chi connectivity index (χ1n) is 9.56. The molecule has 0 bridgehead atoms. The Balaban J connectivity index is 1.82. The van der Waals surface area contributed by atoms with E-state index in [-0.39, 0.29) is 4.90 Å². The fraction of sp³-hybridized carbons (Fsp3) is 0.208. The summed E-state index contributed by atoms with van der Waals surface area (Å²) >= 11 is 0. The Morgan fingerprint density at radius 1 is 1.03 bits per heavy atom. The molecule has 0 aromatic heterocycles. The fourth-order valence-electron chi connectivity index (χ4n) is 3.62. The van der Waals surface area contributed by atoms with Crippen LogP contribution in [0.4, 0.5) is 0 Å². The standard InChI is InChI=1S/C24H24N2O2S/c1-17(2)24(4)16-23(21-12-11-19-7-5-6-8-20(19)15-21)25-26(24)29(27,28)22-13-9-18(3)10-14-22/h5-15H,1,16H2,2-4H3/t24-/m1/s1. The molecule has 0 fully saturated rings. The van der Waals surface area contributed by atoms with Crippen molar-refractivity contribution in [2.75, 3.05) is 0 Å². The molecule has 0 unspecified atom stereocenters. The molecular formula is C24H24N2O2S. The van der Waals surface area contributed by atoms with Crippen LogP contribution in [0, 0.1) is 6.92 Å². The second kappa shape index (κ2) is 6.85. The lowest BCUT2D eigenvalue weighted by atomic mass is 9.88. The molecule has 0 spiro atoms. The SMILES string of the molecule is C=C(C)[C@@]1(C)CC(c2ccc3ccccc3c2)=NN1S(=O)(=O)c1ccc(C)cc1. The molecule has 29 heavy (non-hydrogen) atoms. The summed E-state index contributed by atoms with van der Waals surface area (Å²) in [5.41, 5.74) is 2.63. The summed E-state index contributed by atoms with van der Waals surface area (Å²) in [6, 6.07) is 21.1. The Morgan fingerprint density at radius 3 is 2.34 bits per heavy atom. The van der Waals surface area contributed by atoms with E-state index >= 15 is 0 Å². The number of rotatable bonds is 4. The summed E-state index contributed by atoms with van der Waals surface area (Å²) in [5, 5.41) is 6.85. The van der Waals surface area contributed by atoms with Crippen molar-refractivity contribution in [3.05, 3.63) is 90.0 Å². The van der Waals surface area contributed by atoms with Gasteiger partial charge in [0.25, 0.3) is 10.0 Å². The molecule has 3 aromatic carbocycles. The molecule has 1 heterocycles. The van der Waals surface area contributed by atoms with Crippen LogP contribution in [-0.4, -0.2) is 24.1 Å². The Labute approximate surface area is 172 Å². The average Bonchev–Trinajstić information content (AvgIpc) is 3.08. The van der Waals surface area contributed by atoms with Crippen molar-refractivity contribution in [2.24, 2.45) is 5.10 Å². The summed E-state index contributed by atoms with van der Waals surface area (Å²) in [4.78, 5) is 0.235. The van der Waals surface area contributed by atoms with Crippen LogP contribution in [0.3, 0.4) is 0 Å². The molecule has 0 aliphatic carbocycles. The first-order chi connectivity index (χ1) is 13.7. The molecular weight excluding hydrogens is 380 g/mol. The van der Waals surface area contributed by atoms with Crippen molar-refractivity contribution in [1.29, 1.82) is 0 Å². The lowest BCUT2D eigenvalue weighted by Crippen LogP contribution is -2.44. The predicted molar refractivity (Wildman–Crippen MR) is 119 cm³/mol. The summed E-state index contributed by atoms with van der Waals surface area (Å²) in [5.74, 6) is 0. The number of hydrazone groups is 1. The minimum absolute atomic E-state index is 0.235. The third-order valence-corrected chi connectivity index (χ3v) is 7.50. The highest BCUT2D eigenvalue weighted by molar-refractivity contribution is 7.89. The number of hydrogen-bond donors (Lipinski definition) is 0. The average molecular weight is 405 g/mol. The van der Waals surface area contributed by atoms with Crippen molar-refractivity contribution in [1.82, 2.24) is 4.41 Å². The first kappa shape index (κ1) is 19.4. The van der Waals surface area contributed by atoms with E-state index in [1.165, 1.54) is 4.41 Å². The van der Waals surface area contributed by atoms with Gasteiger partial charge in [0.05, 0.1) is 16.1 Å². The number of benzene rings is 3. The van der Waals surface area contributed by atoms with E-state index < -0.39 is 15.6 Å². The zero-order valence-corrected chi connectivity index (χ0v) is 17.7. The summed E-state index contributed by atoms with van der Waals surface area (Å²) in [6.07, 6.45) is 0.478. The van der Waals surface area contributed by atoms with E-state index in [2.05, 4.69) is 23.8 Å². The lowest BCUT2D eigenvalue weighted by molar-refractivity contribution is 0.289. The highest BCUT2D eigenvalue weighted by atomic mass is 32.2. The topological polar surface area (TPSA) is 49.7 Å². The molecule has 0 saturated carbocycles. The van der Waals surface area contributed by atoms with Crippen molar-refractivity contribution >= 4 is 26.5 Å². The van der Waals surface area contributed by atoms with Crippen molar-refractivity contribution in [3.8, 4) is 0 Å². The normalized spacial score (nSPS) is 19.4. The van der Waals surface area contributed by atoms with Crippen LogP contribution in [0.15, 0.2) is 88.9 Å². The van der Waals surface area contributed by atoms with Gasteiger partial charge in [0.15, 0.2) is 0 Å². The van der Waals surface area contributed by atoms with Crippen LogP contribution in [0.25, 0.3) is 10.8 Å². The Hall–Kier alpha value is -2.92. The molecule has 3 aromatic rings. The van der Waals surface area contributed by atoms with Crippen LogP contribution in [0.5, 0.6) is 0 Å². The molecule has 148 valence electrons. The summed E-state index contributed by atoms with van der Waals surface area (Å²) < 4.78 is 28.1. The van der Waals surface area contributed by atoms with Gasteiger partial charge in [-0.05, 0) is 55.3 Å². The maximum Gasteiger partial charge on any atom is 0.279 e. The number of nitrogens with zero attached hydrogens (tertiary/aromatic N) is 2. The van der Waals surface area contributed by atoms with E-state index in [4.69, 9.17) is 0 Å². The van der Waals surface area contributed by atoms with Gasteiger partial charge in [-0.15, -0.1) is 0 Å². The van der Waals surface area contributed by atoms with Gasteiger partial charge in [0.1, 0.15) is 0 Å². The third kappa shape index (κ3) is 3.25. The molecule has 4 nitrogen and oxygen atoms in total. The molecule has 0 N–H and O–H groups in total. The smallest absolute Gasteiger partial charge is 0.200 e. The molecule has 1 atom stereocenters. The highest BCUT2D eigenvalue weighted by Crippen LogP contribution is 2.39.